The number of aryl methyl sites for hydroxylation is 1. The number of benzene rings is 2. The normalized spacial score (nSPS) is 14.9. The van der Waals surface area contributed by atoms with Crippen LogP contribution in [0.1, 0.15) is 34.3 Å². The monoisotopic (exact) mass is 383 g/mol. The van der Waals surface area contributed by atoms with Crippen LogP contribution in [0.25, 0.3) is 0 Å². The van der Waals surface area contributed by atoms with Gasteiger partial charge in [-0.1, -0.05) is 35.9 Å². The fraction of sp³-hybridized carbons (Fsp3) is 0.364. The molecule has 5 heteroatoms. The molecule has 0 aliphatic carbocycles. The van der Waals surface area contributed by atoms with Gasteiger partial charge in [0.1, 0.15) is 0 Å². The van der Waals surface area contributed by atoms with E-state index in [-0.39, 0.29) is 5.91 Å². The molecule has 0 unspecified atom stereocenters. The SMILES string of the molecule is Cc1ccc(SCC(=O)N2CCC(Cc3ccccc3C(=O)O)CC2)cc1. The van der Waals surface area contributed by atoms with Gasteiger partial charge in [-0.15, -0.1) is 11.8 Å². The van der Waals surface area contributed by atoms with Crippen molar-refractivity contribution in [3.8, 4) is 0 Å². The third-order valence-corrected chi connectivity index (χ3v) is 6.10. The quantitative estimate of drug-likeness (QED) is 0.757. The number of nitrogens with zero attached hydrogens (tertiary/aromatic N) is 1. The Kier molecular flexibility index (Phi) is 6.56. The third kappa shape index (κ3) is 5.36. The molecule has 0 saturated carbocycles. The maximum atomic E-state index is 12.5. The second-order valence-corrected chi connectivity index (χ2v) is 8.14. The third-order valence-electron chi connectivity index (χ3n) is 5.11. The lowest BCUT2D eigenvalue weighted by Gasteiger charge is -2.32. The van der Waals surface area contributed by atoms with Crippen LogP contribution in [0.5, 0.6) is 0 Å². The number of carboxylic acid groups (broad SMARTS) is 1. The van der Waals surface area contributed by atoms with E-state index in [0.717, 1.165) is 42.8 Å². The van der Waals surface area contributed by atoms with Gasteiger partial charge in [0.05, 0.1) is 11.3 Å². The standard InChI is InChI=1S/C22H25NO3S/c1-16-6-8-19(9-7-16)27-15-21(24)23-12-10-17(11-13-23)14-18-4-2-3-5-20(18)22(25)26/h2-9,17H,10-15H2,1H3,(H,25,26). The van der Waals surface area contributed by atoms with Crippen molar-refractivity contribution >= 4 is 23.6 Å². The summed E-state index contributed by atoms with van der Waals surface area (Å²) in [5, 5.41) is 9.32. The number of amides is 1. The van der Waals surface area contributed by atoms with Crippen molar-refractivity contribution in [3.63, 3.8) is 0 Å². The molecule has 1 saturated heterocycles. The average Bonchev–Trinajstić information content (AvgIpc) is 2.68. The molecule has 0 radical (unpaired) electrons. The molecule has 1 aliphatic rings. The number of carboxylic acids is 1. The summed E-state index contributed by atoms with van der Waals surface area (Å²) in [6.45, 7) is 3.57. The molecular formula is C22H25NO3S. The highest BCUT2D eigenvalue weighted by Gasteiger charge is 2.24. The molecule has 0 bridgehead atoms. The van der Waals surface area contributed by atoms with E-state index in [1.165, 1.54) is 5.56 Å². The van der Waals surface area contributed by atoms with Gasteiger partial charge in [0.2, 0.25) is 5.91 Å². The molecule has 1 amide bonds. The summed E-state index contributed by atoms with van der Waals surface area (Å²) in [6.07, 6.45) is 2.62. The zero-order valence-electron chi connectivity index (χ0n) is 15.6. The predicted molar refractivity (Wildman–Crippen MR) is 108 cm³/mol. The van der Waals surface area contributed by atoms with Gasteiger partial charge in [0.25, 0.3) is 0 Å². The van der Waals surface area contributed by atoms with E-state index in [2.05, 4.69) is 31.2 Å². The number of likely N-dealkylation sites (tertiary alicyclic amines) is 1. The molecule has 0 atom stereocenters. The Morgan fingerprint density at radius 2 is 1.74 bits per heavy atom. The highest BCUT2D eigenvalue weighted by Crippen LogP contribution is 2.25. The first-order valence-electron chi connectivity index (χ1n) is 9.31. The van der Waals surface area contributed by atoms with Crippen molar-refractivity contribution in [2.24, 2.45) is 5.92 Å². The first-order valence-corrected chi connectivity index (χ1v) is 10.3. The van der Waals surface area contributed by atoms with Crippen LogP contribution in [0.2, 0.25) is 0 Å². The molecule has 3 rings (SSSR count). The van der Waals surface area contributed by atoms with Crippen molar-refractivity contribution in [2.75, 3.05) is 18.8 Å². The van der Waals surface area contributed by atoms with Gasteiger partial charge in [0.15, 0.2) is 0 Å². The van der Waals surface area contributed by atoms with E-state index < -0.39 is 5.97 Å². The van der Waals surface area contributed by atoms with E-state index in [1.54, 1.807) is 23.9 Å². The van der Waals surface area contributed by atoms with Gasteiger partial charge in [-0.3, -0.25) is 4.79 Å². The van der Waals surface area contributed by atoms with E-state index in [9.17, 15) is 14.7 Å². The fourth-order valence-electron chi connectivity index (χ4n) is 3.48. The van der Waals surface area contributed by atoms with Crippen molar-refractivity contribution < 1.29 is 14.7 Å². The Balaban J connectivity index is 1.48. The molecule has 27 heavy (non-hydrogen) atoms. The molecule has 1 aliphatic heterocycles. The summed E-state index contributed by atoms with van der Waals surface area (Å²) < 4.78 is 0. The molecule has 1 heterocycles. The lowest BCUT2D eigenvalue weighted by Crippen LogP contribution is -2.39. The maximum absolute atomic E-state index is 12.5. The fourth-order valence-corrected chi connectivity index (χ4v) is 4.28. The Bertz CT molecular complexity index is 795. The summed E-state index contributed by atoms with van der Waals surface area (Å²) in [4.78, 5) is 26.9. The molecule has 0 aromatic heterocycles. The molecule has 2 aromatic carbocycles. The molecule has 142 valence electrons. The minimum Gasteiger partial charge on any atom is -0.478 e. The molecular weight excluding hydrogens is 358 g/mol. The highest BCUT2D eigenvalue weighted by molar-refractivity contribution is 8.00. The number of carbonyl (C=O) groups excluding carboxylic acids is 1. The minimum absolute atomic E-state index is 0.185. The second kappa shape index (κ2) is 9.09. The van der Waals surface area contributed by atoms with Crippen LogP contribution in [-0.4, -0.2) is 40.7 Å². The van der Waals surface area contributed by atoms with Gasteiger partial charge >= 0.3 is 5.97 Å². The summed E-state index contributed by atoms with van der Waals surface area (Å²) in [7, 11) is 0. The van der Waals surface area contributed by atoms with Gasteiger partial charge in [-0.25, -0.2) is 4.79 Å². The van der Waals surface area contributed by atoms with E-state index in [4.69, 9.17) is 0 Å². The lowest BCUT2D eigenvalue weighted by molar-refractivity contribution is -0.129. The van der Waals surface area contributed by atoms with Gasteiger partial charge in [0, 0.05) is 18.0 Å². The van der Waals surface area contributed by atoms with Crippen LogP contribution in [-0.2, 0) is 11.2 Å². The maximum Gasteiger partial charge on any atom is 0.335 e. The van der Waals surface area contributed by atoms with Crippen molar-refractivity contribution in [1.82, 2.24) is 4.90 Å². The zero-order chi connectivity index (χ0) is 19.2. The van der Waals surface area contributed by atoms with E-state index in [1.807, 2.05) is 17.0 Å². The zero-order valence-corrected chi connectivity index (χ0v) is 16.4. The highest BCUT2D eigenvalue weighted by atomic mass is 32.2. The number of thioether (sulfide) groups is 1. The molecule has 2 aromatic rings. The number of rotatable bonds is 6. The van der Waals surface area contributed by atoms with Crippen LogP contribution in [0.15, 0.2) is 53.4 Å². The number of carbonyl (C=O) groups is 2. The minimum atomic E-state index is -0.869. The van der Waals surface area contributed by atoms with Crippen LogP contribution < -0.4 is 0 Å². The average molecular weight is 384 g/mol. The van der Waals surface area contributed by atoms with Gasteiger partial charge in [-0.05, 0) is 55.9 Å². The first-order chi connectivity index (χ1) is 13.0. The molecule has 1 N–H and O–H groups in total. The topological polar surface area (TPSA) is 57.6 Å². The van der Waals surface area contributed by atoms with Crippen LogP contribution >= 0.6 is 11.8 Å². The smallest absolute Gasteiger partial charge is 0.335 e. The number of aromatic carboxylic acids is 1. The number of piperidine rings is 1. The number of hydrogen-bond acceptors (Lipinski definition) is 3. The Hall–Kier alpha value is -2.27. The lowest BCUT2D eigenvalue weighted by atomic mass is 9.88. The summed E-state index contributed by atoms with van der Waals surface area (Å²) in [5.41, 5.74) is 2.51. The second-order valence-electron chi connectivity index (χ2n) is 7.09. The van der Waals surface area contributed by atoms with Crippen LogP contribution in [0.3, 0.4) is 0 Å². The molecule has 0 spiro atoms. The van der Waals surface area contributed by atoms with Gasteiger partial charge in [-0.2, -0.15) is 0 Å². The first kappa shape index (κ1) is 19.5. The van der Waals surface area contributed by atoms with E-state index in [0.29, 0.717) is 17.2 Å². The Morgan fingerprint density at radius 3 is 2.41 bits per heavy atom. The molecule has 1 fully saturated rings. The Labute approximate surface area is 164 Å². The van der Waals surface area contributed by atoms with Crippen molar-refractivity contribution in [3.05, 3.63) is 65.2 Å². The van der Waals surface area contributed by atoms with Gasteiger partial charge < -0.3 is 10.0 Å². The van der Waals surface area contributed by atoms with Crippen molar-refractivity contribution in [2.45, 2.75) is 31.1 Å². The number of hydrogen-bond donors (Lipinski definition) is 1. The van der Waals surface area contributed by atoms with Crippen LogP contribution in [0, 0.1) is 12.8 Å². The predicted octanol–water partition coefficient (Wildman–Crippen LogP) is 4.27. The summed E-state index contributed by atoms with van der Waals surface area (Å²) >= 11 is 1.58. The summed E-state index contributed by atoms with van der Waals surface area (Å²) in [5.74, 6) is 0.214. The summed E-state index contributed by atoms with van der Waals surface area (Å²) in [6, 6.07) is 15.5. The van der Waals surface area contributed by atoms with Crippen LogP contribution in [0.4, 0.5) is 0 Å². The Morgan fingerprint density at radius 1 is 1.07 bits per heavy atom. The van der Waals surface area contributed by atoms with Crippen molar-refractivity contribution in [1.29, 1.82) is 0 Å². The largest absolute Gasteiger partial charge is 0.478 e. The molecule has 4 nitrogen and oxygen atoms in total. The van der Waals surface area contributed by atoms with E-state index >= 15 is 0 Å².